The topological polar surface area (TPSA) is 58.2 Å². The van der Waals surface area contributed by atoms with Gasteiger partial charge in [0, 0.05) is 10.1 Å². The summed E-state index contributed by atoms with van der Waals surface area (Å²) in [6.07, 6.45) is 0.997. The van der Waals surface area contributed by atoms with Gasteiger partial charge in [0.25, 0.3) is 0 Å². The van der Waals surface area contributed by atoms with Crippen LogP contribution in [0, 0.1) is 3.57 Å². The summed E-state index contributed by atoms with van der Waals surface area (Å²) in [5.41, 5.74) is 0.639. The zero-order valence-corrected chi connectivity index (χ0v) is 13.6. The van der Waals surface area contributed by atoms with Crippen LogP contribution in [0.2, 0.25) is 0 Å². The molecule has 0 bridgehead atoms. The first-order valence-electron chi connectivity index (χ1n) is 5.94. The molecule has 4 nitrogen and oxygen atoms in total. The number of benzene rings is 1. The second-order valence-corrected chi connectivity index (χ2v) is 7.40. The minimum atomic E-state index is -3.33. The van der Waals surface area contributed by atoms with E-state index < -0.39 is 15.3 Å². The molecule has 0 spiro atoms. The van der Waals surface area contributed by atoms with Crippen LogP contribution < -0.4 is 10.0 Å². The molecule has 2 N–H and O–H groups in total. The average Bonchev–Trinajstić information content (AvgIpc) is 2.32. The molecule has 0 radical (unpaired) electrons. The third-order valence-electron chi connectivity index (χ3n) is 2.51. The quantitative estimate of drug-likeness (QED) is 0.563. The highest BCUT2D eigenvalue weighted by Gasteiger charge is 2.20. The maximum atomic E-state index is 12.1. The van der Waals surface area contributed by atoms with E-state index in [9.17, 15) is 8.42 Å². The molecule has 0 heterocycles. The Kier molecular flexibility index (Phi) is 6.37. The standard InChI is InChI=1S/C12H19IN2O2S/c1-3-8-14-9-10(2)18(16,17)15-12-7-5-4-6-11(12)13/h4-7,10,14-15H,3,8-9H2,1-2H3. The van der Waals surface area contributed by atoms with Crippen molar-refractivity contribution < 1.29 is 8.42 Å². The molecule has 0 aromatic heterocycles. The molecule has 0 aliphatic carbocycles. The van der Waals surface area contributed by atoms with Crippen molar-refractivity contribution in [1.82, 2.24) is 5.32 Å². The van der Waals surface area contributed by atoms with Crippen LogP contribution in [-0.2, 0) is 10.0 Å². The fraction of sp³-hybridized carbons (Fsp3) is 0.500. The van der Waals surface area contributed by atoms with Gasteiger partial charge in [-0.05, 0) is 54.6 Å². The number of rotatable bonds is 7. The highest BCUT2D eigenvalue weighted by atomic mass is 127. The van der Waals surface area contributed by atoms with Crippen molar-refractivity contribution in [3.8, 4) is 0 Å². The predicted octanol–water partition coefficient (Wildman–Crippen LogP) is 2.42. The zero-order chi connectivity index (χ0) is 13.6. The Balaban J connectivity index is 2.67. The van der Waals surface area contributed by atoms with Crippen molar-refractivity contribution in [2.24, 2.45) is 0 Å². The minimum Gasteiger partial charge on any atom is -0.315 e. The fourth-order valence-corrected chi connectivity index (χ4v) is 3.12. The van der Waals surface area contributed by atoms with Crippen LogP contribution in [0.5, 0.6) is 0 Å². The van der Waals surface area contributed by atoms with Gasteiger partial charge < -0.3 is 5.32 Å². The molecule has 1 rings (SSSR count). The second kappa shape index (κ2) is 7.30. The molecule has 0 amide bonds. The van der Waals surface area contributed by atoms with Crippen LogP contribution >= 0.6 is 22.6 Å². The summed E-state index contributed by atoms with van der Waals surface area (Å²) in [5, 5.41) is 2.66. The lowest BCUT2D eigenvalue weighted by Gasteiger charge is -2.16. The van der Waals surface area contributed by atoms with E-state index in [0.29, 0.717) is 12.2 Å². The van der Waals surface area contributed by atoms with Gasteiger partial charge in [0.2, 0.25) is 10.0 Å². The van der Waals surface area contributed by atoms with Crippen molar-refractivity contribution in [1.29, 1.82) is 0 Å². The molecular weight excluding hydrogens is 363 g/mol. The molecule has 1 atom stereocenters. The minimum absolute atomic E-state index is 0.458. The first-order valence-corrected chi connectivity index (χ1v) is 8.56. The number of nitrogens with one attached hydrogen (secondary N) is 2. The molecule has 0 aliphatic heterocycles. The van der Waals surface area contributed by atoms with E-state index in [1.165, 1.54) is 0 Å². The van der Waals surface area contributed by atoms with Crippen LogP contribution in [0.15, 0.2) is 24.3 Å². The number of hydrogen-bond donors (Lipinski definition) is 2. The summed E-state index contributed by atoms with van der Waals surface area (Å²) in [4.78, 5) is 0. The Bertz CT molecular complexity index is 477. The lowest BCUT2D eigenvalue weighted by Crippen LogP contribution is -2.35. The van der Waals surface area contributed by atoms with E-state index in [1.54, 1.807) is 13.0 Å². The Morgan fingerprint density at radius 3 is 2.61 bits per heavy atom. The van der Waals surface area contributed by atoms with Crippen LogP contribution in [0.25, 0.3) is 0 Å². The molecule has 1 aromatic carbocycles. The third kappa shape index (κ3) is 4.74. The van der Waals surface area contributed by atoms with E-state index >= 15 is 0 Å². The zero-order valence-electron chi connectivity index (χ0n) is 10.6. The summed E-state index contributed by atoms with van der Waals surface area (Å²) in [6.45, 7) is 5.06. The van der Waals surface area contributed by atoms with Gasteiger partial charge in [-0.2, -0.15) is 0 Å². The van der Waals surface area contributed by atoms with Gasteiger partial charge in [0.15, 0.2) is 0 Å². The molecule has 18 heavy (non-hydrogen) atoms. The van der Waals surface area contributed by atoms with Crippen molar-refractivity contribution in [2.75, 3.05) is 17.8 Å². The smallest absolute Gasteiger partial charge is 0.236 e. The summed E-state index contributed by atoms with van der Waals surface area (Å²) in [7, 11) is -3.33. The number of para-hydroxylation sites is 1. The third-order valence-corrected chi connectivity index (χ3v) is 5.19. The van der Waals surface area contributed by atoms with Crippen LogP contribution in [0.4, 0.5) is 5.69 Å². The van der Waals surface area contributed by atoms with E-state index in [0.717, 1.165) is 16.5 Å². The van der Waals surface area contributed by atoms with Crippen molar-refractivity contribution in [2.45, 2.75) is 25.5 Å². The highest BCUT2D eigenvalue weighted by molar-refractivity contribution is 14.1. The van der Waals surface area contributed by atoms with Gasteiger partial charge >= 0.3 is 0 Å². The fourth-order valence-electron chi connectivity index (χ4n) is 1.39. The number of halogens is 1. The number of hydrogen-bond acceptors (Lipinski definition) is 3. The second-order valence-electron chi connectivity index (χ2n) is 4.14. The normalized spacial score (nSPS) is 13.3. The van der Waals surface area contributed by atoms with Crippen molar-refractivity contribution in [3.63, 3.8) is 0 Å². The summed E-state index contributed by atoms with van der Waals surface area (Å²) >= 11 is 2.12. The molecule has 0 saturated carbocycles. The van der Waals surface area contributed by atoms with Crippen molar-refractivity contribution in [3.05, 3.63) is 27.8 Å². The van der Waals surface area contributed by atoms with Crippen molar-refractivity contribution >= 4 is 38.3 Å². The van der Waals surface area contributed by atoms with Gasteiger partial charge in [0.05, 0.1) is 10.9 Å². The molecule has 0 fully saturated rings. The van der Waals surface area contributed by atoms with Gasteiger partial charge in [-0.15, -0.1) is 0 Å². The van der Waals surface area contributed by atoms with Gasteiger partial charge in [-0.3, -0.25) is 4.72 Å². The molecule has 0 aliphatic rings. The van der Waals surface area contributed by atoms with E-state index in [4.69, 9.17) is 0 Å². The molecule has 102 valence electrons. The first kappa shape index (κ1) is 15.7. The molecule has 6 heteroatoms. The Morgan fingerprint density at radius 1 is 1.33 bits per heavy atom. The monoisotopic (exact) mass is 382 g/mol. The predicted molar refractivity (Wildman–Crippen MR) is 84.3 cm³/mol. The van der Waals surface area contributed by atoms with E-state index in [1.807, 2.05) is 18.2 Å². The van der Waals surface area contributed by atoms with Gasteiger partial charge in [0.1, 0.15) is 0 Å². The SMILES string of the molecule is CCCNCC(C)S(=O)(=O)Nc1ccccc1I. The van der Waals surface area contributed by atoms with Gasteiger partial charge in [-0.1, -0.05) is 19.1 Å². The van der Waals surface area contributed by atoms with Crippen LogP contribution in [-0.4, -0.2) is 26.8 Å². The molecular formula is C12H19IN2O2S. The highest BCUT2D eigenvalue weighted by Crippen LogP contribution is 2.19. The van der Waals surface area contributed by atoms with Crippen LogP contribution in [0.1, 0.15) is 20.3 Å². The van der Waals surface area contributed by atoms with E-state index in [-0.39, 0.29) is 0 Å². The molecule has 1 aromatic rings. The van der Waals surface area contributed by atoms with Gasteiger partial charge in [-0.25, -0.2) is 8.42 Å². The lowest BCUT2D eigenvalue weighted by molar-refractivity contribution is 0.576. The Hall–Kier alpha value is -0.340. The molecule has 0 saturated heterocycles. The summed E-state index contributed by atoms with van der Waals surface area (Å²) in [5.74, 6) is 0. The van der Waals surface area contributed by atoms with E-state index in [2.05, 4.69) is 39.6 Å². The first-order chi connectivity index (χ1) is 8.47. The average molecular weight is 382 g/mol. The number of sulfonamides is 1. The summed E-state index contributed by atoms with van der Waals surface area (Å²) in [6, 6.07) is 7.34. The Labute approximate surface area is 123 Å². The maximum absolute atomic E-state index is 12.1. The lowest BCUT2D eigenvalue weighted by atomic mass is 10.3. The van der Waals surface area contributed by atoms with Crippen LogP contribution in [0.3, 0.4) is 0 Å². The Morgan fingerprint density at radius 2 is 2.00 bits per heavy atom. The number of anilines is 1. The summed E-state index contributed by atoms with van der Waals surface area (Å²) < 4.78 is 27.7. The maximum Gasteiger partial charge on any atom is 0.236 e. The largest absolute Gasteiger partial charge is 0.315 e. The molecule has 1 unspecified atom stereocenters.